The molecule has 3 aromatic rings. The molecule has 0 bridgehead atoms. The molecule has 0 atom stereocenters. The van der Waals surface area contributed by atoms with Gasteiger partial charge in [0.2, 0.25) is 0 Å². The lowest BCUT2D eigenvalue weighted by molar-refractivity contribution is 0.0738. The fourth-order valence-corrected chi connectivity index (χ4v) is 4.31. The van der Waals surface area contributed by atoms with Gasteiger partial charge in [-0.15, -0.1) is 0 Å². The van der Waals surface area contributed by atoms with E-state index in [1.165, 1.54) is 24.6 Å². The van der Waals surface area contributed by atoms with E-state index in [-0.39, 0.29) is 12.0 Å². The first-order valence-electron chi connectivity index (χ1n) is 9.85. The molecule has 2 aliphatic rings. The number of rotatable bonds is 3. The van der Waals surface area contributed by atoms with Gasteiger partial charge >= 0.3 is 0 Å². The summed E-state index contributed by atoms with van der Waals surface area (Å²) in [5.41, 5.74) is 2.78. The highest BCUT2D eigenvalue weighted by Crippen LogP contribution is 2.31. The smallest absolute Gasteiger partial charge is 0.258 e. The van der Waals surface area contributed by atoms with Crippen LogP contribution in [0, 0.1) is 5.82 Å². The van der Waals surface area contributed by atoms with Crippen LogP contribution in [0.4, 0.5) is 4.39 Å². The van der Waals surface area contributed by atoms with Gasteiger partial charge in [0.1, 0.15) is 11.6 Å². The van der Waals surface area contributed by atoms with Gasteiger partial charge in [-0.05, 0) is 37.8 Å². The van der Waals surface area contributed by atoms with Crippen LogP contribution in [0.2, 0.25) is 5.02 Å². The second kappa shape index (κ2) is 7.30. The van der Waals surface area contributed by atoms with E-state index in [2.05, 4.69) is 10.1 Å². The van der Waals surface area contributed by atoms with Crippen molar-refractivity contribution in [2.45, 2.75) is 51.3 Å². The number of benzene rings is 1. The minimum Gasteiger partial charge on any atom is -0.489 e. The lowest BCUT2D eigenvalue weighted by atomic mass is 9.97. The van der Waals surface area contributed by atoms with Crippen LogP contribution >= 0.6 is 11.6 Å². The standard InChI is InChI=1S/C21H20ClFN4O2/c22-13-9-24-20-17-11-26(12-18(17)25-27(20)10-13)21(28)16-7-6-14(23)8-19(16)29-15-4-2-1-3-5-15/h6-10,15H,1-5,11-12H2. The lowest BCUT2D eigenvalue weighted by Crippen LogP contribution is -2.28. The maximum absolute atomic E-state index is 13.9. The number of nitrogens with zero attached hydrogens (tertiary/aromatic N) is 4. The Kier molecular flexibility index (Phi) is 4.62. The van der Waals surface area contributed by atoms with E-state index >= 15 is 0 Å². The Labute approximate surface area is 172 Å². The van der Waals surface area contributed by atoms with Gasteiger partial charge in [-0.1, -0.05) is 18.0 Å². The number of ether oxygens (including phenoxy) is 1. The molecule has 1 aliphatic carbocycles. The zero-order valence-corrected chi connectivity index (χ0v) is 16.5. The molecule has 3 heterocycles. The summed E-state index contributed by atoms with van der Waals surface area (Å²) in [6.45, 7) is 0.766. The van der Waals surface area contributed by atoms with Crippen LogP contribution in [-0.4, -0.2) is 31.5 Å². The van der Waals surface area contributed by atoms with Gasteiger partial charge in [0, 0.05) is 17.8 Å². The predicted octanol–water partition coefficient (Wildman–Crippen LogP) is 4.39. The number of fused-ring (bicyclic) bond motifs is 3. The molecule has 29 heavy (non-hydrogen) atoms. The topological polar surface area (TPSA) is 59.7 Å². The average molecular weight is 415 g/mol. The molecule has 0 N–H and O–H groups in total. The Morgan fingerprint density at radius 2 is 2.03 bits per heavy atom. The molecular formula is C21H20ClFN4O2. The van der Waals surface area contributed by atoms with Crippen LogP contribution < -0.4 is 4.74 Å². The zero-order chi connectivity index (χ0) is 20.0. The first-order valence-corrected chi connectivity index (χ1v) is 10.2. The minimum atomic E-state index is -0.407. The van der Waals surface area contributed by atoms with Crippen molar-refractivity contribution < 1.29 is 13.9 Å². The molecule has 150 valence electrons. The highest BCUT2D eigenvalue weighted by Gasteiger charge is 2.31. The van der Waals surface area contributed by atoms with Crippen LogP contribution in [0.15, 0.2) is 30.6 Å². The van der Waals surface area contributed by atoms with Crippen molar-refractivity contribution in [1.29, 1.82) is 0 Å². The van der Waals surface area contributed by atoms with Crippen molar-refractivity contribution in [1.82, 2.24) is 19.5 Å². The molecule has 0 saturated heterocycles. The van der Waals surface area contributed by atoms with Crippen molar-refractivity contribution in [3.8, 4) is 5.75 Å². The average Bonchev–Trinajstić information content (AvgIpc) is 3.26. The molecule has 1 fully saturated rings. The third kappa shape index (κ3) is 3.44. The lowest BCUT2D eigenvalue weighted by Gasteiger charge is -2.25. The fraction of sp³-hybridized carbons (Fsp3) is 0.381. The van der Waals surface area contributed by atoms with Crippen molar-refractivity contribution in [3.05, 3.63) is 58.3 Å². The molecule has 0 unspecified atom stereocenters. The Morgan fingerprint density at radius 3 is 2.86 bits per heavy atom. The highest BCUT2D eigenvalue weighted by molar-refractivity contribution is 6.30. The van der Waals surface area contributed by atoms with Gasteiger partial charge in [-0.25, -0.2) is 13.9 Å². The molecule has 1 saturated carbocycles. The van der Waals surface area contributed by atoms with Crippen molar-refractivity contribution >= 4 is 23.2 Å². The summed E-state index contributed by atoms with van der Waals surface area (Å²) in [6.07, 6.45) is 8.57. The summed E-state index contributed by atoms with van der Waals surface area (Å²) in [4.78, 5) is 19.3. The van der Waals surface area contributed by atoms with Gasteiger partial charge in [0.05, 0.1) is 41.7 Å². The van der Waals surface area contributed by atoms with Gasteiger partial charge in [0.15, 0.2) is 5.65 Å². The zero-order valence-electron chi connectivity index (χ0n) is 15.8. The summed E-state index contributed by atoms with van der Waals surface area (Å²) in [5.74, 6) is -0.276. The summed E-state index contributed by atoms with van der Waals surface area (Å²) in [5, 5.41) is 5.00. The molecule has 2 aromatic heterocycles. The second-order valence-electron chi connectivity index (χ2n) is 7.65. The number of halogens is 2. The normalized spacial score (nSPS) is 17.0. The van der Waals surface area contributed by atoms with E-state index in [0.29, 0.717) is 35.1 Å². The molecular weight excluding hydrogens is 395 g/mol. The van der Waals surface area contributed by atoms with E-state index in [1.54, 1.807) is 21.8 Å². The number of amides is 1. The number of carbonyl (C=O) groups is 1. The summed E-state index contributed by atoms with van der Waals surface area (Å²) in [6, 6.07) is 4.13. The predicted molar refractivity (Wildman–Crippen MR) is 105 cm³/mol. The SMILES string of the molecule is O=C(c1ccc(F)cc1OC1CCCCC1)N1Cc2nn3cc(Cl)cnc3c2C1. The van der Waals surface area contributed by atoms with Crippen LogP contribution in [0.3, 0.4) is 0 Å². The molecule has 5 rings (SSSR count). The van der Waals surface area contributed by atoms with Crippen LogP contribution in [0.1, 0.15) is 53.7 Å². The van der Waals surface area contributed by atoms with Crippen LogP contribution in [0.25, 0.3) is 5.65 Å². The Balaban J connectivity index is 1.40. The van der Waals surface area contributed by atoms with Gasteiger partial charge in [-0.2, -0.15) is 5.10 Å². The largest absolute Gasteiger partial charge is 0.489 e. The molecule has 6 nitrogen and oxygen atoms in total. The Hall–Kier alpha value is -2.67. The van der Waals surface area contributed by atoms with Crippen LogP contribution in [0.5, 0.6) is 5.75 Å². The Bertz CT molecular complexity index is 1090. The maximum atomic E-state index is 13.9. The van der Waals surface area contributed by atoms with Crippen LogP contribution in [-0.2, 0) is 13.1 Å². The Morgan fingerprint density at radius 1 is 1.21 bits per heavy atom. The molecule has 1 amide bonds. The van der Waals surface area contributed by atoms with Gasteiger partial charge in [0.25, 0.3) is 5.91 Å². The number of hydrogen-bond donors (Lipinski definition) is 0. The summed E-state index contributed by atoms with van der Waals surface area (Å²) in [7, 11) is 0. The summed E-state index contributed by atoms with van der Waals surface area (Å²) >= 11 is 5.98. The van der Waals surface area contributed by atoms with E-state index in [9.17, 15) is 9.18 Å². The first kappa shape index (κ1) is 18.4. The summed E-state index contributed by atoms with van der Waals surface area (Å²) < 4.78 is 21.6. The fourth-order valence-electron chi connectivity index (χ4n) is 4.17. The van der Waals surface area contributed by atoms with E-state index in [1.807, 2.05) is 0 Å². The quantitative estimate of drug-likeness (QED) is 0.637. The number of carbonyl (C=O) groups excluding carboxylic acids is 1. The molecule has 1 aromatic carbocycles. The number of hydrogen-bond acceptors (Lipinski definition) is 4. The third-order valence-electron chi connectivity index (χ3n) is 5.62. The molecule has 0 radical (unpaired) electrons. The second-order valence-corrected chi connectivity index (χ2v) is 8.08. The number of aromatic nitrogens is 3. The third-order valence-corrected chi connectivity index (χ3v) is 5.81. The molecule has 8 heteroatoms. The van der Waals surface area contributed by atoms with Crippen molar-refractivity contribution in [3.63, 3.8) is 0 Å². The van der Waals surface area contributed by atoms with Crippen molar-refractivity contribution in [2.75, 3.05) is 0 Å². The van der Waals surface area contributed by atoms with E-state index in [4.69, 9.17) is 16.3 Å². The molecule has 0 spiro atoms. The first-order chi connectivity index (χ1) is 14.1. The van der Waals surface area contributed by atoms with Gasteiger partial charge in [-0.3, -0.25) is 4.79 Å². The van der Waals surface area contributed by atoms with E-state index in [0.717, 1.165) is 36.9 Å². The van der Waals surface area contributed by atoms with E-state index < -0.39 is 5.82 Å². The molecule has 1 aliphatic heterocycles. The maximum Gasteiger partial charge on any atom is 0.258 e. The highest BCUT2D eigenvalue weighted by atomic mass is 35.5. The minimum absolute atomic E-state index is 0.0334. The van der Waals surface area contributed by atoms with Crippen molar-refractivity contribution in [2.24, 2.45) is 0 Å². The van der Waals surface area contributed by atoms with Gasteiger partial charge < -0.3 is 9.64 Å². The monoisotopic (exact) mass is 414 g/mol.